The maximum atomic E-state index is 13.0. The third-order valence-corrected chi connectivity index (χ3v) is 6.85. The molecule has 0 atom stereocenters. The van der Waals surface area contributed by atoms with Gasteiger partial charge in [0, 0.05) is 35.1 Å². The van der Waals surface area contributed by atoms with E-state index in [0.29, 0.717) is 28.4 Å². The van der Waals surface area contributed by atoms with Gasteiger partial charge in [0.1, 0.15) is 11.5 Å². The summed E-state index contributed by atoms with van der Waals surface area (Å²) in [5, 5.41) is 23.0. The highest BCUT2D eigenvalue weighted by molar-refractivity contribution is 7.89. The average Bonchev–Trinajstić information content (AvgIpc) is 2.82. The van der Waals surface area contributed by atoms with Crippen molar-refractivity contribution in [2.45, 2.75) is 11.3 Å². The topological polar surface area (TPSA) is 116 Å². The van der Waals surface area contributed by atoms with Crippen molar-refractivity contribution in [1.29, 1.82) is 0 Å². The van der Waals surface area contributed by atoms with Gasteiger partial charge in [-0.05, 0) is 47.9 Å². The van der Waals surface area contributed by atoms with Gasteiger partial charge in [0.15, 0.2) is 0 Å². The van der Waals surface area contributed by atoms with Gasteiger partial charge in [-0.25, -0.2) is 13.1 Å². The summed E-state index contributed by atoms with van der Waals surface area (Å²) in [7, 11) is -3.78. The van der Waals surface area contributed by atoms with Crippen LogP contribution in [0.1, 0.15) is 11.1 Å². The number of benzene rings is 4. The Kier molecular flexibility index (Phi) is 7.14. The second-order valence-electron chi connectivity index (χ2n) is 7.90. The molecule has 0 saturated heterocycles. The molecule has 4 rings (SSSR count). The van der Waals surface area contributed by atoms with E-state index >= 15 is 0 Å². The van der Waals surface area contributed by atoms with E-state index in [-0.39, 0.29) is 22.9 Å². The van der Waals surface area contributed by atoms with E-state index < -0.39 is 15.9 Å². The minimum Gasteiger partial charge on any atom is -0.508 e. The molecule has 8 heteroatoms. The van der Waals surface area contributed by atoms with Crippen LogP contribution in [0.3, 0.4) is 0 Å². The molecule has 0 fully saturated rings. The molecule has 178 valence electrons. The van der Waals surface area contributed by atoms with Crippen molar-refractivity contribution in [3.8, 4) is 11.5 Å². The molecule has 0 aliphatic heterocycles. The fraction of sp³-hybridized carbons (Fsp3) is 0.0741. The summed E-state index contributed by atoms with van der Waals surface area (Å²) in [6, 6.07) is 23.6. The van der Waals surface area contributed by atoms with Crippen molar-refractivity contribution in [1.82, 2.24) is 4.72 Å². The lowest BCUT2D eigenvalue weighted by Crippen LogP contribution is -2.26. The molecule has 0 unspecified atom stereocenters. The average molecular weight is 489 g/mol. The highest BCUT2D eigenvalue weighted by Crippen LogP contribution is 2.29. The van der Waals surface area contributed by atoms with Crippen molar-refractivity contribution >= 4 is 38.5 Å². The van der Waals surface area contributed by atoms with Crippen LogP contribution in [0.2, 0.25) is 0 Å². The normalized spacial score (nSPS) is 11.7. The highest BCUT2D eigenvalue weighted by Gasteiger charge is 2.18. The van der Waals surface area contributed by atoms with Gasteiger partial charge in [0.2, 0.25) is 15.9 Å². The molecule has 0 radical (unpaired) electrons. The number of rotatable bonds is 8. The zero-order valence-electron chi connectivity index (χ0n) is 18.7. The Morgan fingerprint density at radius 2 is 1.51 bits per heavy atom. The van der Waals surface area contributed by atoms with Gasteiger partial charge in [-0.15, -0.1) is 0 Å². The molecule has 7 nitrogen and oxygen atoms in total. The van der Waals surface area contributed by atoms with E-state index in [1.807, 2.05) is 30.3 Å². The Labute approximate surface area is 203 Å². The number of carbonyl (C=O) groups excluding carboxylic acids is 1. The second-order valence-corrected chi connectivity index (χ2v) is 9.63. The number of nitrogens with one attached hydrogen (secondary N) is 2. The maximum absolute atomic E-state index is 13.0. The van der Waals surface area contributed by atoms with Gasteiger partial charge in [-0.2, -0.15) is 0 Å². The lowest BCUT2D eigenvalue weighted by Gasteiger charge is -2.12. The largest absolute Gasteiger partial charge is 0.508 e. The zero-order chi connectivity index (χ0) is 24.8. The molecular weight excluding hydrogens is 464 g/mol. The van der Waals surface area contributed by atoms with E-state index in [1.54, 1.807) is 30.3 Å². The minimum atomic E-state index is -3.78. The number of aromatic hydroxyl groups is 2. The van der Waals surface area contributed by atoms with E-state index in [2.05, 4.69) is 10.0 Å². The first-order valence-corrected chi connectivity index (χ1v) is 12.4. The minimum absolute atomic E-state index is 0.120. The summed E-state index contributed by atoms with van der Waals surface area (Å²) in [5.41, 5.74) is 1.94. The molecule has 1 amide bonds. The van der Waals surface area contributed by atoms with Crippen LogP contribution in [-0.2, 0) is 21.2 Å². The summed E-state index contributed by atoms with van der Waals surface area (Å²) in [6.45, 7) is 0.258. The third kappa shape index (κ3) is 6.06. The van der Waals surface area contributed by atoms with Gasteiger partial charge in [-0.3, -0.25) is 4.79 Å². The van der Waals surface area contributed by atoms with Gasteiger partial charge < -0.3 is 15.5 Å². The standard InChI is InChI=1S/C27H24N2O5S/c30-21-16-20(17-22(31)18-21)12-13-27(32)29-25-10-4-9-24-23(25)8-5-11-26(24)35(33,34)28-15-14-19-6-2-1-3-7-19/h1-13,16-18,28,30-31H,14-15H2,(H,29,32)/b13-12+. The van der Waals surface area contributed by atoms with Crippen molar-refractivity contribution < 1.29 is 23.4 Å². The van der Waals surface area contributed by atoms with Crippen LogP contribution < -0.4 is 10.0 Å². The quantitative estimate of drug-likeness (QED) is 0.274. The number of amides is 1. The van der Waals surface area contributed by atoms with Crippen molar-refractivity contribution in [3.05, 3.63) is 102 Å². The van der Waals surface area contributed by atoms with Crippen LogP contribution in [0.4, 0.5) is 5.69 Å². The monoisotopic (exact) mass is 488 g/mol. The Hall–Kier alpha value is -4.14. The first-order valence-electron chi connectivity index (χ1n) is 10.9. The van der Waals surface area contributed by atoms with E-state index in [4.69, 9.17) is 0 Å². The molecule has 0 spiro atoms. The van der Waals surface area contributed by atoms with Gasteiger partial charge in [0.25, 0.3) is 0 Å². The summed E-state index contributed by atoms with van der Waals surface area (Å²) in [4.78, 5) is 12.6. The first-order chi connectivity index (χ1) is 16.8. The number of phenols is 2. The number of hydrogen-bond donors (Lipinski definition) is 4. The summed E-state index contributed by atoms with van der Waals surface area (Å²) >= 11 is 0. The zero-order valence-corrected chi connectivity index (χ0v) is 19.5. The van der Waals surface area contributed by atoms with Crippen LogP contribution in [0.5, 0.6) is 11.5 Å². The fourth-order valence-corrected chi connectivity index (χ4v) is 4.99. The van der Waals surface area contributed by atoms with Crippen molar-refractivity contribution in [2.24, 2.45) is 0 Å². The van der Waals surface area contributed by atoms with Gasteiger partial charge in [0.05, 0.1) is 4.90 Å². The van der Waals surface area contributed by atoms with Crippen LogP contribution in [0.25, 0.3) is 16.8 Å². The fourth-order valence-electron chi connectivity index (χ4n) is 3.74. The van der Waals surface area contributed by atoms with Crippen LogP contribution in [-0.4, -0.2) is 31.1 Å². The SMILES string of the molecule is O=C(/C=C/c1cc(O)cc(O)c1)Nc1cccc2c(S(=O)(=O)NCCc3ccccc3)cccc12. The summed E-state index contributed by atoms with van der Waals surface area (Å²) < 4.78 is 28.7. The molecule has 0 saturated carbocycles. The van der Waals surface area contributed by atoms with E-state index in [0.717, 1.165) is 5.56 Å². The van der Waals surface area contributed by atoms with Gasteiger partial charge in [-0.1, -0.05) is 54.6 Å². The molecule has 4 aromatic carbocycles. The van der Waals surface area contributed by atoms with Crippen LogP contribution in [0.15, 0.2) is 95.9 Å². The number of hydrogen-bond acceptors (Lipinski definition) is 5. The first kappa shape index (κ1) is 24.0. The highest BCUT2D eigenvalue weighted by atomic mass is 32.2. The molecule has 4 aromatic rings. The number of carbonyl (C=O) groups is 1. The Morgan fingerprint density at radius 3 is 2.26 bits per heavy atom. The molecule has 0 aliphatic carbocycles. The lowest BCUT2D eigenvalue weighted by atomic mass is 10.1. The molecular formula is C27H24N2O5S. The van der Waals surface area contributed by atoms with Crippen LogP contribution in [0, 0.1) is 0 Å². The molecule has 0 aromatic heterocycles. The molecule has 4 N–H and O–H groups in total. The molecule has 0 aliphatic rings. The predicted molar refractivity (Wildman–Crippen MR) is 137 cm³/mol. The summed E-state index contributed by atoms with van der Waals surface area (Å²) in [5.74, 6) is -0.690. The summed E-state index contributed by atoms with van der Waals surface area (Å²) in [6.07, 6.45) is 3.28. The lowest BCUT2D eigenvalue weighted by molar-refractivity contribution is -0.111. The van der Waals surface area contributed by atoms with Crippen molar-refractivity contribution in [3.63, 3.8) is 0 Å². The van der Waals surface area contributed by atoms with Crippen molar-refractivity contribution in [2.75, 3.05) is 11.9 Å². The Morgan fingerprint density at radius 1 is 0.829 bits per heavy atom. The Balaban J connectivity index is 1.53. The maximum Gasteiger partial charge on any atom is 0.248 e. The Bertz CT molecular complexity index is 1480. The number of phenolic OH excluding ortho intramolecular Hbond substituents is 2. The molecule has 35 heavy (non-hydrogen) atoms. The molecule has 0 bridgehead atoms. The third-order valence-electron chi connectivity index (χ3n) is 5.33. The number of anilines is 1. The number of sulfonamides is 1. The van der Waals surface area contributed by atoms with Gasteiger partial charge >= 0.3 is 0 Å². The van der Waals surface area contributed by atoms with E-state index in [1.165, 1.54) is 36.4 Å². The van der Waals surface area contributed by atoms with Crippen LogP contribution >= 0.6 is 0 Å². The predicted octanol–water partition coefficient (Wildman–Crippen LogP) is 4.42. The van der Waals surface area contributed by atoms with E-state index in [9.17, 15) is 23.4 Å². The number of fused-ring (bicyclic) bond motifs is 1. The molecule has 0 heterocycles. The second kappa shape index (κ2) is 10.4. The smallest absolute Gasteiger partial charge is 0.248 e.